The van der Waals surface area contributed by atoms with Crippen molar-refractivity contribution in [2.45, 2.75) is 6.54 Å². The molecule has 0 atom stereocenters. The quantitative estimate of drug-likeness (QED) is 0.488. The average molecular weight is 443 g/mol. The molecule has 152 valence electrons. The lowest BCUT2D eigenvalue weighted by Gasteiger charge is -2.14. The minimum Gasteiger partial charge on any atom is -0.497 e. The van der Waals surface area contributed by atoms with Gasteiger partial charge in [0.25, 0.3) is 11.1 Å². The summed E-state index contributed by atoms with van der Waals surface area (Å²) < 4.78 is 21.2. The summed E-state index contributed by atoms with van der Waals surface area (Å²) >= 11 is 6.86. The van der Waals surface area contributed by atoms with Gasteiger partial charge in [-0.3, -0.25) is 14.5 Å². The average Bonchev–Trinajstić information content (AvgIpc) is 3.30. The van der Waals surface area contributed by atoms with Gasteiger partial charge in [-0.25, -0.2) is 4.39 Å². The summed E-state index contributed by atoms with van der Waals surface area (Å²) in [5, 5.41) is -0.292. The molecule has 0 bridgehead atoms. The zero-order valence-electron chi connectivity index (χ0n) is 15.8. The molecule has 0 saturated carbocycles. The van der Waals surface area contributed by atoms with E-state index in [-0.39, 0.29) is 22.0 Å². The summed E-state index contributed by atoms with van der Waals surface area (Å²) in [5.74, 6) is -0.300. The molecule has 0 unspecified atom stereocenters. The predicted molar refractivity (Wildman–Crippen MR) is 115 cm³/mol. The molecule has 0 radical (unpaired) electrons. The number of carbonyl (C=O) groups is 2. The number of hydrogen-bond acceptors (Lipinski definition) is 4. The Morgan fingerprint density at radius 2 is 1.87 bits per heavy atom. The van der Waals surface area contributed by atoms with Crippen molar-refractivity contribution >= 4 is 40.6 Å². The molecule has 2 amide bonds. The molecule has 2 heterocycles. The van der Waals surface area contributed by atoms with Crippen LogP contribution >= 0.6 is 23.4 Å². The fourth-order valence-electron chi connectivity index (χ4n) is 3.10. The largest absolute Gasteiger partial charge is 0.497 e. The van der Waals surface area contributed by atoms with E-state index in [1.54, 1.807) is 13.2 Å². The summed E-state index contributed by atoms with van der Waals surface area (Å²) in [6, 6.07) is 15.4. The first-order chi connectivity index (χ1) is 14.5. The zero-order valence-corrected chi connectivity index (χ0v) is 17.4. The Morgan fingerprint density at radius 3 is 2.57 bits per heavy atom. The van der Waals surface area contributed by atoms with Gasteiger partial charge in [0.05, 0.1) is 18.6 Å². The number of benzene rings is 2. The molecule has 8 heteroatoms. The SMILES string of the molecule is COc1ccc(-n2cccc2/C=C2\SC(=O)N(Cc3c(F)cccc3Cl)C2=O)cc1. The number of nitrogens with zero attached hydrogens (tertiary/aromatic N) is 2. The molecule has 5 nitrogen and oxygen atoms in total. The van der Waals surface area contributed by atoms with Gasteiger partial charge in [-0.2, -0.15) is 0 Å². The summed E-state index contributed by atoms with van der Waals surface area (Å²) in [7, 11) is 1.60. The van der Waals surface area contributed by atoms with Crippen LogP contribution in [0.25, 0.3) is 11.8 Å². The summed E-state index contributed by atoms with van der Waals surface area (Å²) in [5.41, 5.74) is 1.73. The predicted octanol–water partition coefficient (Wildman–Crippen LogP) is 5.51. The Bertz CT molecular complexity index is 1140. The fourth-order valence-corrected chi connectivity index (χ4v) is 4.15. The van der Waals surface area contributed by atoms with Gasteiger partial charge < -0.3 is 9.30 Å². The van der Waals surface area contributed by atoms with Gasteiger partial charge in [-0.05, 0) is 66.4 Å². The molecule has 0 N–H and O–H groups in total. The number of halogens is 2. The molecule has 0 spiro atoms. The van der Waals surface area contributed by atoms with E-state index in [4.69, 9.17) is 16.3 Å². The molecule has 1 saturated heterocycles. The molecular weight excluding hydrogens is 427 g/mol. The number of amides is 2. The van der Waals surface area contributed by atoms with Crippen molar-refractivity contribution in [3.63, 3.8) is 0 Å². The van der Waals surface area contributed by atoms with E-state index in [9.17, 15) is 14.0 Å². The van der Waals surface area contributed by atoms with Crippen molar-refractivity contribution in [1.29, 1.82) is 0 Å². The third-order valence-electron chi connectivity index (χ3n) is 4.66. The molecule has 30 heavy (non-hydrogen) atoms. The summed E-state index contributed by atoms with van der Waals surface area (Å²) in [6.07, 6.45) is 3.51. The van der Waals surface area contributed by atoms with Crippen LogP contribution in [-0.2, 0) is 11.3 Å². The Kier molecular flexibility index (Phi) is 5.65. The smallest absolute Gasteiger partial charge is 0.293 e. The van der Waals surface area contributed by atoms with Crippen LogP contribution in [0.4, 0.5) is 9.18 Å². The van der Waals surface area contributed by atoms with Gasteiger partial charge in [-0.1, -0.05) is 17.7 Å². The maximum Gasteiger partial charge on any atom is 0.293 e. The van der Waals surface area contributed by atoms with Crippen LogP contribution in [0.2, 0.25) is 5.02 Å². The van der Waals surface area contributed by atoms with Gasteiger partial charge in [0.1, 0.15) is 11.6 Å². The Labute approximate surface area is 181 Å². The maximum absolute atomic E-state index is 14.1. The number of ether oxygens (including phenoxy) is 1. The molecule has 4 rings (SSSR count). The first-order valence-electron chi connectivity index (χ1n) is 8.98. The van der Waals surface area contributed by atoms with Crippen molar-refractivity contribution in [2.24, 2.45) is 0 Å². The standard InChI is InChI=1S/C22H16ClFN2O3S/c1-29-16-9-7-14(8-10-16)25-11-3-4-15(25)12-20-21(27)26(22(28)30-20)13-17-18(23)5-2-6-19(17)24/h2-12H,13H2,1H3/b20-12-. The van der Waals surface area contributed by atoms with Crippen LogP contribution in [0, 0.1) is 5.82 Å². The van der Waals surface area contributed by atoms with Crippen LogP contribution in [0.3, 0.4) is 0 Å². The highest BCUT2D eigenvalue weighted by molar-refractivity contribution is 8.18. The molecule has 1 fully saturated rings. The molecule has 1 aliphatic heterocycles. The topological polar surface area (TPSA) is 51.5 Å². The highest BCUT2D eigenvalue weighted by atomic mass is 35.5. The minimum atomic E-state index is -0.557. The van der Waals surface area contributed by atoms with Gasteiger partial charge in [0.2, 0.25) is 0 Å². The van der Waals surface area contributed by atoms with E-state index < -0.39 is 17.0 Å². The normalized spacial score (nSPS) is 15.3. The number of thioether (sulfide) groups is 1. The van der Waals surface area contributed by atoms with Gasteiger partial charge in [0, 0.05) is 28.2 Å². The van der Waals surface area contributed by atoms with Crippen molar-refractivity contribution in [1.82, 2.24) is 9.47 Å². The monoisotopic (exact) mass is 442 g/mol. The summed E-state index contributed by atoms with van der Waals surface area (Å²) in [4.78, 5) is 26.5. The van der Waals surface area contributed by atoms with E-state index in [1.165, 1.54) is 18.2 Å². The highest BCUT2D eigenvalue weighted by Crippen LogP contribution is 2.35. The second-order valence-corrected chi connectivity index (χ2v) is 7.87. The van der Waals surface area contributed by atoms with Crippen LogP contribution in [0.1, 0.15) is 11.3 Å². The molecule has 1 aliphatic rings. The number of carbonyl (C=O) groups excluding carboxylic acids is 2. The van der Waals surface area contributed by atoms with Crippen molar-refractivity contribution in [3.8, 4) is 11.4 Å². The highest BCUT2D eigenvalue weighted by Gasteiger charge is 2.36. The minimum absolute atomic E-state index is 0.115. The van der Waals surface area contributed by atoms with E-state index in [0.29, 0.717) is 0 Å². The third kappa shape index (κ3) is 3.86. The van der Waals surface area contributed by atoms with Crippen LogP contribution in [0.15, 0.2) is 65.7 Å². The first kappa shape index (κ1) is 20.3. The van der Waals surface area contributed by atoms with Crippen LogP contribution in [-0.4, -0.2) is 27.7 Å². The number of aromatic nitrogens is 1. The van der Waals surface area contributed by atoms with E-state index in [0.717, 1.165) is 33.8 Å². The number of rotatable bonds is 5. The second kappa shape index (κ2) is 8.38. The Hall–Kier alpha value is -3.03. The molecular formula is C22H16ClFN2O3S. The molecule has 0 aliphatic carbocycles. The van der Waals surface area contributed by atoms with E-state index >= 15 is 0 Å². The van der Waals surface area contributed by atoms with Crippen LogP contribution in [0.5, 0.6) is 5.75 Å². The van der Waals surface area contributed by atoms with Crippen molar-refractivity contribution in [3.05, 3.63) is 87.8 Å². The second-order valence-electron chi connectivity index (χ2n) is 6.47. The third-order valence-corrected chi connectivity index (χ3v) is 5.92. The van der Waals surface area contributed by atoms with Crippen molar-refractivity contribution in [2.75, 3.05) is 7.11 Å². The zero-order chi connectivity index (χ0) is 21.3. The molecule has 3 aromatic rings. The number of hydrogen-bond donors (Lipinski definition) is 0. The number of imide groups is 1. The van der Waals surface area contributed by atoms with Gasteiger partial charge in [-0.15, -0.1) is 0 Å². The van der Waals surface area contributed by atoms with E-state index in [2.05, 4.69) is 0 Å². The fraction of sp³-hybridized carbons (Fsp3) is 0.0909. The van der Waals surface area contributed by atoms with Gasteiger partial charge >= 0.3 is 0 Å². The van der Waals surface area contributed by atoms with E-state index in [1.807, 2.05) is 47.2 Å². The lowest BCUT2D eigenvalue weighted by molar-refractivity contribution is -0.123. The summed E-state index contributed by atoms with van der Waals surface area (Å²) in [6.45, 7) is -0.215. The lowest BCUT2D eigenvalue weighted by atomic mass is 10.2. The Morgan fingerprint density at radius 1 is 1.10 bits per heavy atom. The maximum atomic E-state index is 14.1. The first-order valence-corrected chi connectivity index (χ1v) is 10.2. The lowest BCUT2D eigenvalue weighted by Crippen LogP contribution is -2.28. The molecule has 2 aromatic carbocycles. The van der Waals surface area contributed by atoms with Gasteiger partial charge in [0.15, 0.2) is 0 Å². The number of methoxy groups -OCH3 is 1. The van der Waals surface area contributed by atoms with Crippen LogP contribution < -0.4 is 4.74 Å². The molecule has 1 aromatic heterocycles. The Balaban J connectivity index is 1.61. The van der Waals surface area contributed by atoms with Crippen molar-refractivity contribution < 1.29 is 18.7 Å².